The molecule has 1 saturated heterocycles. The molecular formula is C30H24ClFN2O3S. The van der Waals surface area contributed by atoms with Crippen LogP contribution in [0.25, 0.3) is 11.8 Å². The van der Waals surface area contributed by atoms with E-state index in [0.717, 1.165) is 45.5 Å². The number of nitrogens with zero attached hydrogens (tertiary/aromatic N) is 2. The summed E-state index contributed by atoms with van der Waals surface area (Å²) < 4.78 is 21.0. The number of benzene rings is 3. The third-order valence-electron chi connectivity index (χ3n) is 6.30. The molecule has 5 nitrogen and oxygen atoms in total. The molecule has 2 heterocycles. The predicted octanol–water partition coefficient (Wildman–Crippen LogP) is 7.70. The van der Waals surface area contributed by atoms with Crippen molar-refractivity contribution in [3.8, 4) is 11.4 Å². The second-order valence-corrected chi connectivity index (χ2v) is 10.4. The molecule has 1 fully saturated rings. The molecule has 8 heteroatoms. The molecule has 0 radical (unpaired) electrons. The van der Waals surface area contributed by atoms with Crippen LogP contribution in [-0.2, 0) is 17.9 Å². The van der Waals surface area contributed by atoms with Crippen molar-refractivity contribution in [2.24, 2.45) is 0 Å². The average Bonchev–Trinajstić information content (AvgIpc) is 3.34. The lowest BCUT2D eigenvalue weighted by Crippen LogP contribution is -2.27. The first-order valence-electron chi connectivity index (χ1n) is 11.9. The molecule has 192 valence electrons. The molecule has 5 rings (SSSR count). The Bertz CT molecular complexity index is 1530. The van der Waals surface area contributed by atoms with Crippen LogP contribution >= 0.6 is 23.4 Å². The number of aromatic nitrogens is 1. The topological polar surface area (TPSA) is 51.5 Å². The highest BCUT2D eigenvalue weighted by Crippen LogP contribution is 2.35. The molecule has 1 aliphatic rings. The molecule has 0 unspecified atom stereocenters. The average molecular weight is 547 g/mol. The number of ether oxygens (including phenoxy) is 1. The molecule has 0 aliphatic carbocycles. The van der Waals surface area contributed by atoms with E-state index in [0.29, 0.717) is 22.3 Å². The number of aryl methyl sites for hydroxylation is 1. The van der Waals surface area contributed by atoms with Crippen LogP contribution in [0.5, 0.6) is 5.75 Å². The van der Waals surface area contributed by atoms with Crippen LogP contribution in [-0.4, -0.2) is 20.6 Å². The summed E-state index contributed by atoms with van der Waals surface area (Å²) in [5.41, 5.74) is 5.48. The molecule has 3 aromatic carbocycles. The maximum atomic E-state index is 13.1. The van der Waals surface area contributed by atoms with Gasteiger partial charge in [-0.2, -0.15) is 0 Å². The highest BCUT2D eigenvalue weighted by Gasteiger charge is 2.35. The summed E-state index contributed by atoms with van der Waals surface area (Å²) in [7, 11) is 0. The zero-order valence-corrected chi connectivity index (χ0v) is 22.4. The fraction of sp³-hybridized carbons (Fsp3) is 0.133. The largest absolute Gasteiger partial charge is 0.489 e. The lowest BCUT2D eigenvalue weighted by atomic mass is 10.2. The zero-order valence-electron chi connectivity index (χ0n) is 20.8. The number of halogens is 2. The van der Waals surface area contributed by atoms with Crippen molar-refractivity contribution >= 4 is 40.6 Å². The number of imide groups is 1. The summed E-state index contributed by atoms with van der Waals surface area (Å²) in [5.74, 6) is 0.126. The van der Waals surface area contributed by atoms with Crippen LogP contribution in [0.4, 0.5) is 9.18 Å². The SMILES string of the molecule is Cc1cc(/C=C2/SC(=O)N(Cc3ccc(Cl)cc3)C2=O)c(C)n1-c1ccc(OCc2ccc(F)cc2)cc1. The van der Waals surface area contributed by atoms with Gasteiger partial charge in [-0.15, -0.1) is 0 Å². The Morgan fingerprint density at radius 1 is 0.921 bits per heavy atom. The lowest BCUT2D eigenvalue weighted by molar-refractivity contribution is -0.123. The normalized spacial score (nSPS) is 14.5. The van der Waals surface area contributed by atoms with Gasteiger partial charge in [0.1, 0.15) is 18.2 Å². The van der Waals surface area contributed by atoms with Gasteiger partial charge in [-0.1, -0.05) is 35.9 Å². The minimum atomic E-state index is -0.303. The first kappa shape index (κ1) is 25.8. The Balaban J connectivity index is 1.31. The number of hydrogen-bond acceptors (Lipinski definition) is 4. The van der Waals surface area contributed by atoms with Crippen LogP contribution in [0.15, 0.2) is 83.8 Å². The molecule has 0 atom stereocenters. The molecule has 0 spiro atoms. The van der Waals surface area contributed by atoms with Gasteiger partial charge in [-0.3, -0.25) is 14.5 Å². The second-order valence-electron chi connectivity index (χ2n) is 8.97. The number of hydrogen-bond donors (Lipinski definition) is 0. The Morgan fingerprint density at radius 2 is 1.58 bits per heavy atom. The van der Waals surface area contributed by atoms with Crippen LogP contribution < -0.4 is 4.74 Å². The van der Waals surface area contributed by atoms with Crippen LogP contribution in [0, 0.1) is 19.7 Å². The van der Waals surface area contributed by atoms with Crippen LogP contribution in [0.1, 0.15) is 28.1 Å². The highest BCUT2D eigenvalue weighted by atomic mass is 35.5. The summed E-state index contributed by atoms with van der Waals surface area (Å²) in [6.45, 7) is 4.53. The van der Waals surface area contributed by atoms with E-state index in [4.69, 9.17) is 16.3 Å². The summed E-state index contributed by atoms with van der Waals surface area (Å²) in [5, 5.41) is 0.312. The van der Waals surface area contributed by atoms with Crippen LogP contribution in [0.3, 0.4) is 0 Å². The third kappa shape index (κ3) is 5.54. The maximum Gasteiger partial charge on any atom is 0.293 e. The van der Waals surface area contributed by atoms with Crippen molar-refractivity contribution in [1.29, 1.82) is 0 Å². The molecular weight excluding hydrogens is 523 g/mol. The van der Waals surface area contributed by atoms with Gasteiger partial charge in [0.2, 0.25) is 0 Å². The number of rotatable bonds is 7. The third-order valence-corrected chi connectivity index (χ3v) is 7.46. The molecule has 0 bridgehead atoms. The molecule has 1 aromatic heterocycles. The van der Waals surface area contributed by atoms with Crippen molar-refractivity contribution in [2.45, 2.75) is 27.0 Å². The van der Waals surface area contributed by atoms with Crippen LogP contribution in [0.2, 0.25) is 5.02 Å². The van der Waals surface area contributed by atoms with E-state index >= 15 is 0 Å². The minimum absolute atomic E-state index is 0.202. The number of thioether (sulfide) groups is 1. The molecule has 1 aliphatic heterocycles. The van der Waals surface area contributed by atoms with E-state index in [2.05, 4.69) is 4.57 Å². The smallest absolute Gasteiger partial charge is 0.293 e. The Hall–Kier alpha value is -3.81. The molecule has 0 saturated carbocycles. The van der Waals surface area contributed by atoms with Gasteiger partial charge < -0.3 is 9.30 Å². The fourth-order valence-corrected chi connectivity index (χ4v) is 5.27. The molecule has 4 aromatic rings. The van der Waals surface area contributed by atoms with Gasteiger partial charge in [-0.25, -0.2) is 4.39 Å². The van der Waals surface area contributed by atoms with Crippen molar-refractivity contribution in [3.05, 3.63) is 123 Å². The van der Waals surface area contributed by atoms with E-state index in [1.54, 1.807) is 30.3 Å². The number of carbonyl (C=O) groups is 2. The standard InChI is InChI=1S/C30H24ClFN2O3S/c1-19-15-23(16-28-29(35)33(30(36)38-28)17-21-3-7-24(31)8-4-21)20(2)34(19)26-11-13-27(14-12-26)37-18-22-5-9-25(32)10-6-22/h3-16H,17-18H2,1-2H3/b28-16+. The van der Waals surface area contributed by atoms with Crippen molar-refractivity contribution in [2.75, 3.05) is 0 Å². The lowest BCUT2D eigenvalue weighted by Gasteiger charge is -2.12. The Labute approximate surface area is 229 Å². The predicted molar refractivity (Wildman–Crippen MR) is 149 cm³/mol. The van der Waals surface area contributed by atoms with Gasteiger partial charge in [0.05, 0.1) is 11.4 Å². The summed E-state index contributed by atoms with van der Waals surface area (Å²) in [6, 6.07) is 23.0. The summed E-state index contributed by atoms with van der Waals surface area (Å²) >= 11 is 6.89. The van der Waals surface area contributed by atoms with E-state index in [1.165, 1.54) is 17.0 Å². The van der Waals surface area contributed by atoms with Gasteiger partial charge in [0.15, 0.2) is 0 Å². The van der Waals surface area contributed by atoms with E-state index in [9.17, 15) is 14.0 Å². The first-order valence-corrected chi connectivity index (χ1v) is 13.1. The molecule has 38 heavy (non-hydrogen) atoms. The van der Waals surface area contributed by atoms with Crippen molar-refractivity contribution in [3.63, 3.8) is 0 Å². The first-order chi connectivity index (χ1) is 18.3. The summed E-state index contributed by atoms with van der Waals surface area (Å²) in [6.07, 6.45) is 1.78. The number of amides is 2. The summed E-state index contributed by atoms with van der Waals surface area (Å²) in [4.78, 5) is 27.3. The van der Waals surface area contributed by atoms with Crippen molar-refractivity contribution < 1.29 is 18.7 Å². The molecule has 0 N–H and O–H groups in total. The Morgan fingerprint density at radius 3 is 2.26 bits per heavy atom. The number of carbonyl (C=O) groups excluding carboxylic acids is 2. The van der Waals surface area contributed by atoms with Gasteiger partial charge in [0, 0.05) is 22.1 Å². The van der Waals surface area contributed by atoms with E-state index in [1.807, 2.05) is 56.3 Å². The fourth-order valence-electron chi connectivity index (χ4n) is 4.32. The van der Waals surface area contributed by atoms with Crippen molar-refractivity contribution in [1.82, 2.24) is 9.47 Å². The monoisotopic (exact) mass is 546 g/mol. The van der Waals surface area contributed by atoms with E-state index < -0.39 is 0 Å². The highest BCUT2D eigenvalue weighted by molar-refractivity contribution is 8.18. The second kappa shape index (κ2) is 10.9. The van der Waals surface area contributed by atoms with E-state index in [-0.39, 0.29) is 23.5 Å². The Kier molecular flexibility index (Phi) is 7.40. The van der Waals surface area contributed by atoms with Gasteiger partial charge in [-0.05, 0) is 103 Å². The molecule has 2 amide bonds. The zero-order chi connectivity index (χ0) is 26.8. The van der Waals surface area contributed by atoms with Gasteiger partial charge >= 0.3 is 0 Å². The van der Waals surface area contributed by atoms with Gasteiger partial charge in [0.25, 0.3) is 11.1 Å². The minimum Gasteiger partial charge on any atom is -0.489 e. The quantitative estimate of drug-likeness (QED) is 0.223. The maximum absolute atomic E-state index is 13.1.